The molecule has 0 bridgehead atoms. The van der Waals surface area contributed by atoms with Crippen LogP contribution < -0.4 is 11.1 Å². The Kier molecular flexibility index (Phi) is 2.61. The van der Waals surface area contributed by atoms with Gasteiger partial charge >= 0.3 is 5.97 Å². The van der Waals surface area contributed by atoms with Gasteiger partial charge in [-0.05, 0) is 14.0 Å². The minimum atomic E-state index is -1.14. The van der Waals surface area contributed by atoms with Gasteiger partial charge in [0.15, 0.2) is 0 Å². The highest BCUT2D eigenvalue weighted by atomic mass is 16.4. The molecule has 0 aliphatic heterocycles. The molecule has 4 heteroatoms. The Hall–Kier alpha value is -0.610. The van der Waals surface area contributed by atoms with Crippen molar-refractivity contribution >= 4 is 5.97 Å². The van der Waals surface area contributed by atoms with Gasteiger partial charge in [-0.25, -0.2) is 0 Å². The highest BCUT2D eigenvalue weighted by Crippen LogP contribution is 1.94. The van der Waals surface area contributed by atoms with E-state index in [9.17, 15) is 4.79 Å². The number of hydrogen-bond acceptors (Lipinski definition) is 3. The molecule has 0 saturated carbocycles. The molecule has 54 valence electrons. The second kappa shape index (κ2) is 2.80. The van der Waals surface area contributed by atoms with Crippen LogP contribution in [0.2, 0.25) is 0 Å². The number of carboxylic acids is 1. The van der Waals surface area contributed by atoms with E-state index in [2.05, 4.69) is 5.32 Å². The number of carbonyl (C=O) groups is 1. The van der Waals surface area contributed by atoms with Crippen molar-refractivity contribution in [1.29, 1.82) is 0 Å². The summed E-state index contributed by atoms with van der Waals surface area (Å²) in [6.45, 7) is 1.74. The zero-order valence-corrected chi connectivity index (χ0v) is 5.64. The first-order chi connectivity index (χ1) is 4.00. The number of hydrogen-bond donors (Lipinski definition) is 3. The Morgan fingerprint density at radius 2 is 2.33 bits per heavy atom. The molecule has 0 aromatic carbocycles. The maximum absolute atomic E-state index is 10.2. The molecule has 0 aromatic heterocycles. The lowest BCUT2D eigenvalue weighted by Gasteiger charge is -2.17. The molecule has 0 radical (unpaired) electrons. The fourth-order valence-electron chi connectivity index (χ4n) is 0.443. The van der Waals surface area contributed by atoms with E-state index in [0.29, 0.717) is 0 Å². The minimum absolute atomic E-state index is 0.280. The molecule has 0 spiro atoms. The summed E-state index contributed by atoms with van der Waals surface area (Å²) in [5.41, 5.74) is 4.16. The Morgan fingerprint density at radius 3 is 2.44 bits per heavy atom. The summed E-state index contributed by atoms with van der Waals surface area (Å²) < 4.78 is 0. The van der Waals surface area contributed by atoms with Gasteiger partial charge in [-0.15, -0.1) is 0 Å². The predicted octanol–water partition coefficient (Wildman–Crippen LogP) is -0.992. The number of aliphatic carboxylic acids is 1. The van der Waals surface area contributed by atoms with Crippen LogP contribution in [0.25, 0.3) is 0 Å². The molecule has 4 N–H and O–H groups in total. The predicted molar refractivity (Wildman–Crippen MR) is 34.2 cm³/mol. The number of carboxylic acid groups (broad SMARTS) is 1. The highest BCUT2D eigenvalue weighted by molar-refractivity contribution is 5.78. The van der Waals surface area contributed by atoms with Crippen LogP contribution in [0.4, 0.5) is 0 Å². The lowest BCUT2D eigenvalue weighted by molar-refractivity contribution is -0.142. The van der Waals surface area contributed by atoms with E-state index in [-0.39, 0.29) is 6.54 Å². The van der Waals surface area contributed by atoms with E-state index in [1.54, 1.807) is 7.05 Å². The second-order valence-corrected chi connectivity index (χ2v) is 2.25. The van der Waals surface area contributed by atoms with E-state index >= 15 is 0 Å². The lowest BCUT2D eigenvalue weighted by atomic mass is 10.1. The Bertz CT molecular complexity index is 112. The van der Waals surface area contributed by atoms with Crippen molar-refractivity contribution in [3.05, 3.63) is 0 Å². The summed E-state index contributed by atoms with van der Waals surface area (Å²) in [5, 5.41) is 11.1. The topological polar surface area (TPSA) is 75.3 Å². The van der Waals surface area contributed by atoms with Gasteiger partial charge in [0.25, 0.3) is 0 Å². The molecule has 9 heavy (non-hydrogen) atoms. The second-order valence-electron chi connectivity index (χ2n) is 2.25. The van der Waals surface area contributed by atoms with Crippen molar-refractivity contribution in [2.45, 2.75) is 12.5 Å². The van der Waals surface area contributed by atoms with Crippen molar-refractivity contribution in [3.63, 3.8) is 0 Å². The van der Waals surface area contributed by atoms with E-state index in [0.717, 1.165) is 0 Å². The third-order valence-corrected chi connectivity index (χ3v) is 1.03. The molecule has 0 amide bonds. The first-order valence-corrected chi connectivity index (χ1v) is 2.67. The van der Waals surface area contributed by atoms with Crippen LogP contribution in [0.15, 0.2) is 0 Å². The molecular weight excluding hydrogens is 120 g/mol. The van der Waals surface area contributed by atoms with Crippen LogP contribution in [0.5, 0.6) is 0 Å². The van der Waals surface area contributed by atoms with Crippen LogP contribution in [0, 0.1) is 0 Å². The maximum Gasteiger partial charge on any atom is 0.324 e. The molecule has 1 atom stereocenters. The maximum atomic E-state index is 10.2. The SMILES string of the molecule is CNC[C@@](C)(N)C(=O)O. The first kappa shape index (κ1) is 8.39. The van der Waals surface area contributed by atoms with Gasteiger partial charge in [0.05, 0.1) is 0 Å². The fourth-order valence-corrected chi connectivity index (χ4v) is 0.443. The van der Waals surface area contributed by atoms with Gasteiger partial charge < -0.3 is 16.2 Å². The van der Waals surface area contributed by atoms with Crippen molar-refractivity contribution in [1.82, 2.24) is 5.32 Å². The molecule has 0 saturated heterocycles. The molecular formula is C5H12N2O2. The number of rotatable bonds is 3. The first-order valence-electron chi connectivity index (χ1n) is 2.67. The van der Waals surface area contributed by atoms with Gasteiger partial charge in [0.1, 0.15) is 5.54 Å². The largest absolute Gasteiger partial charge is 0.480 e. The summed E-state index contributed by atoms with van der Waals surface area (Å²) in [4.78, 5) is 10.2. The van der Waals surface area contributed by atoms with Gasteiger partial charge in [0, 0.05) is 6.54 Å². The van der Waals surface area contributed by atoms with Gasteiger partial charge in [-0.3, -0.25) is 4.79 Å². The zero-order valence-electron chi connectivity index (χ0n) is 5.64. The molecule has 0 fully saturated rings. The van der Waals surface area contributed by atoms with E-state index in [1.807, 2.05) is 0 Å². The summed E-state index contributed by atoms with van der Waals surface area (Å²) >= 11 is 0. The average Bonchev–Trinajstić information content (AvgIpc) is 1.65. The van der Waals surface area contributed by atoms with Crippen LogP contribution in [-0.4, -0.2) is 30.2 Å². The number of likely N-dealkylation sites (N-methyl/N-ethyl adjacent to an activating group) is 1. The molecule has 4 nitrogen and oxygen atoms in total. The quantitative estimate of drug-likeness (QED) is 0.461. The van der Waals surface area contributed by atoms with Crippen molar-refractivity contribution in [2.24, 2.45) is 5.73 Å². The molecule has 0 aliphatic rings. The summed E-state index contributed by atoms with van der Waals surface area (Å²) in [6, 6.07) is 0. The summed E-state index contributed by atoms with van der Waals surface area (Å²) in [7, 11) is 1.66. The van der Waals surface area contributed by atoms with Crippen molar-refractivity contribution in [2.75, 3.05) is 13.6 Å². The standard InChI is InChI=1S/C5H12N2O2/c1-5(6,3-7-2)4(8)9/h7H,3,6H2,1-2H3,(H,8,9)/t5-/m1/s1. The lowest BCUT2D eigenvalue weighted by Crippen LogP contribution is -2.51. The molecule has 0 rings (SSSR count). The smallest absolute Gasteiger partial charge is 0.324 e. The highest BCUT2D eigenvalue weighted by Gasteiger charge is 2.26. The minimum Gasteiger partial charge on any atom is -0.480 e. The van der Waals surface area contributed by atoms with Crippen molar-refractivity contribution in [3.8, 4) is 0 Å². The van der Waals surface area contributed by atoms with E-state index < -0.39 is 11.5 Å². The Morgan fingerprint density at radius 1 is 1.89 bits per heavy atom. The van der Waals surface area contributed by atoms with Crippen LogP contribution >= 0.6 is 0 Å². The summed E-state index contributed by atoms with van der Waals surface area (Å²) in [5.74, 6) is -0.989. The van der Waals surface area contributed by atoms with Crippen molar-refractivity contribution < 1.29 is 9.90 Å². The van der Waals surface area contributed by atoms with Gasteiger partial charge in [-0.2, -0.15) is 0 Å². The summed E-state index contributed by atoms with van der Waals surface area (Å²) in [6.07, 6.45) is 0. The monoisotopic (exact) mass is 132 g/mol. The molecule has 0 unspecified atom stereocenters. The normalized spacial score (nSPS) is 16.8. The zero-order chi connectivity index (χ0) is 7.49. The number of nitrogens with one attached hydrogen (secondary N) is 1. The van der Waals surface area contributed by atoms with Crippen LogP contribution in [0.3, 0.4) is 0 Å². The van der Waals surface area contributed by atoms with E-state index in [4.69, 9.17) is 10.8 Å². The molecule has 0 aromatic rings. The Balaban J connectivity index is 3.85. The van der Waals surface area contributed by atoms with E-state index in [1.165, 1.54) is 6.92 Å². The average molecular weight is 132 g/mol. The van der Waals surface area contributed by atoms with Gasteiger partial charge in [0.2, 0.25) is 0 Å². The van der Waals surface area contributed by atoms with Gasteiger partial charge in [-0.1, -0.05) is 0 Å². The van der Waals surface area contributed by atoms with Crippen LogP contribution in [0.1, 0.15) is 6.92 Å². The third-order valence-electron chi connectivity index (χ3n) is 1.03. The molecule has 0 heterocycles. The Labute approximate surface area is 54.0 Å². The fraction of sp³-hybridized carbons (Fsp3) is 0.800. The van der Waals surface area contributed by atoms with Crippen LogP contribution in [-0.2, 0) is 4.79 Å². The number of nitrogens with two attached hydrogens (primary N) is 1. The third kappa shape index (κ3) is 2.43. The molecule has 0 aliphatic carbocycles.